The van der Waals surface area contributed by atoms with Gasteiger partial charge >= 0.3 is 0 Å². The van der Waals surface area contributed by atoms with E-state index in [1.807, 2.05) is 0 Å². The zero-order valence-corrected chi connectivity index (χ0v) is 7.87. The monoisotopic (exact) mass is 191 g/mol. The van der Waals surface area contributed by atoms with Crippen LogP contribution in [0.15, 0.2) is 12.1 Å². The first-order valence-corrected chi connectivity index (χ1v) is 4.20. The highest BCUT2D eigenvalue weighted by Crippen LogP contribution is 2.26. The van der Waals surface area contributed by atoms with E-state index in [-0.39, 0.29) is 5.69 Å². The maximum atomic E-state index is 10.8. The number of hydrogen-bond donors (Lipinski definition) is 1. The van der Waals surface area contributed by atoms with Crippen LogP contribution < -0.4 is 0 Å². The van der Waals surface area contributed by atoms with Crippen molar-refractivity contribution < 1.29 is 4.92 Å². The molecule has 5 nitrogen and oxygen atoms in total. The molecule has 0 fully saturated rings. The summed E-state index contributed by atoms with van der Waals surface area (Å²) in [6.07, 6.45) is 0. The fraction of sp³-hybridized carbons (Fsp3) is 0.222. The van der Waals surface area contributed by atoms with Gasteiger partial charge in [-0.15, -0.1) is 0 Å². The molecule has 0 radical (unpaired) electrons. The number of nitrogens with zero attached hydrogens (tertiary/aromatic N) is 2. The Morgan fingerprint density at radius 1 is 1.43 bits per heavy atom. The molecule has 0 aliphatic heterocycles. The standard InChI is InChI=1S/C9H9N3O2/c1-5-3-4-7-8(9(5)12(13)14)11-6(2)10-7/h3-4H,1-2H3,(H,10,11). The topological polar surface area (TPSA) is 71.8 Å². The predicted octanol–water partition coefficient (Wildman–Crippen LogP) is 2.09. The van der Waals surface area contributed by atoms with Crippen molar-refractivity contribution in [2.45, 2.75) is 13.8 Å². The number of aromatic nitrogens is 2. The van der Waals surface area contributed by atoms with Crippen molar-refractivity contribution in [3.63, 3.8) is 0 Å². The van der Waals surface area contributed by atoms with Crippen molar-refractivity contribution >= 4 is 16.7 Å². The summed E-state index contributed by atoms with van der Waals surface area (Å²) in [5.41, 5.74) is 1.87. The molecule has 1 aromatic heterocycles. The Hall–Kier alpha value is -1.91. The molecule has 14 heavy (non-hydrogen) atoms. The van der Waals surface area contributed by atoms with Crippen LogP contribution in [0.25, 0.3) is 11.0 Å². The molecule has 0 atom stereocenters. The Morgan fingerprint density at radius 3 is 2.79 bits per heavy atom. The molecular weight excluding hydrogens is 182 g/mol. The molecule has 0 unspecified atom stereocenters. The molecular formula is C9H9N3O2. The van der Waals surface area contributed by atoms with Gasteiger partial charge in [0, 0.05) is 5.56 Å². The van der Waals surface area contributed by atoms with Crippen LogP contribution in [0, 0.1) is 24.0 Å². The van der Waals surface area contributed by atoms with Gasteiger partial charge in [0.25, 0.3) is 5.69 Å². The first kappa shape index (κ1) is 8.68. The zero-order chi connectivity index (χ0) is 10.3. The van der Waals surface area contributed by atoms with Crippen LogP contribution in [0.5, 0.6) is 0 Å². The van der Waals surface area contributed by atoms with Crippen molar-refractivity contribution in [1.82, 2.24) is 9.97 Å². The number of hydrogen-bond acceptors (Lipinski definition) is 3. The number of nitro benzene ring substituents is 1. The summed E-state index contributed by atoms with van der Waals surface area (Å²) in [6, 6.07) is 3.52. The molecule has 1 aromatic carbocycles. The molecule has 0 aliphatic carbocycles. The smallest absolute Gasteiger partial charge is 0.299 e. The maximum Gasteiger partial charge on any atom is 0.299 e. The number of benzene rings is 1. The minimum absolute atomic E-state index is 0.0897. The van der Waals surface area contributed by atoms with Crippen LogP contribution >= 0.6 is 0 Å². The van der Waals surface area contributed by atoms with E-state index in [1.54, 1.807) is 26.0 Å². The molecule has 72 valence electrons. The second-order valence-electron chi connectivity index (χ2n) is 3.21. The van der Waals surface area contributed by atoms with Gasteiger partial charge < -0.3 is 4.98 Å². The van der Waals surface area contributed by atoms with Crippen LogP contribution in [0.2, 0.25) is 0 Å². The normalized spacial score (nSPS) is 10.7. The number of nitro groups is 1. The predicted molar refractivity (Wildman–Crippen MR) is 52.2 cm³/mol. The summed E-state index contributed by atoms with van der Waals surface area (Å²) in [6.45, 7) is 3.49. The molecule has 0 saturated heterocycles. The fourth-order valence-corrected chi connectivity index (χ4v) is 1.52. The molecule has 5 heteroatoms. The van der Waals surface area contributed by atoms with Crippen LogP contribution in [-0.2, 0) is 0 Å². The largest absolute Gasteiger partial charge is 0.342 e. The number of nitrogens with one attached hydrogen (secondary N) is 1. The lowest BCUT2D eigenvalue weighted by atomic mass is 10.2. The highest BCUT2D eigenvalue weighted by molar-refractivity contribution is 5.86. The first-order valence-electron chi connectivity index (χ1n) is 4.20. The molecule has 0 saturated carbocycles. The van der Waals surface area contributed by atoms with Gasteiger partial charge in [0.1, 0.15) is 5.82 Å². The van der Waals surface area contributed by atoms with Crippen LogP contribution in [0.3, 0.4) is 0 Å². The third-order valence-electron chi connectivity index (χ3n) is 2.13. The van der Waals surface area contributed by atoms with E-state index in [0.717, 1.165) is 0 Å². The van der Waals surface area contributed by atoms with E-state index < -0.39 is 4.92 Å². The molecule has 0 bridgehead atoms. The Kier molecular flexibility index (Phi) is 1.73. The number of H-pyrrole nitrogens is 1. The molecule has 2 aromatic rings. The Labute approximate surface area is 79.9 Å². The van der Waals surface area contributed by atoms with E-state index in [2.05, 4.69) is 9.97 Å². The lowest BCUT2D eigenvalue weighted by Gasteiger charge is -1.96. The minimum Gasteiger partial charge on any atom is -0.342 e. The molecule has 0 spiro atoms. The highest BCUT2D eigenvalue weighted by atomic mass is 16.6. The number of imidazole rings is 1. The van der Waals surface area contributed by atoms with Crippen molar-refractivity contribution in [2.24, 2.45) is 0 Å². The van der Waals surface area contributed by atoms with Gasteiger partial charge in [-0.2, -0.15) is 0 Å². The van der Waals surface area contributed by atoms with E-state index in [9.17, 15) is 10.1 Å². The summed E-state index contributed by atoms with van der Waals surface area (Å²) in [4.78, 5) is 17.5. The lowest BCUT2D eigenvalue weighted by Crippen LogP contribution is -1.92. The number of rotatable bonds is 1. The number of fused-ring (bicyclic) bond motifs is 1. The van der Waals surface area contributed by atoms with E-state index in [4.69, 9.17) is 0 Å². The summed E-state index contributed by atoms with van der Waals surface area (Å²) in [7, 11) is 0. The van der Waals surface area contributed by atoms with E-state index in [1.165, 1.54) is 0 Å². The average Bonchev–Trinajstić information content (AvgIpc) is 2.43. The molecule has 0 amide bonds. The van der Waals surface area contributed by atoms with Crippen LogP contribution in [0.1, 0.15) is 11.4 Å². The highest BCUT2D eigenvalue weighted by Gasteiger charge is 2.17. The van der Waals surface area contributed by atoms with Crippen LogP contribution in [0.4, 0.5) is 5.69 Å². The summed E-state index contributed by atoms with van der Waals surface area (Å²) < 4.78 is 0. The molecule has 2 rings (SSSR count). The maximum absolute atomic E-state index is 10.8. The Balaban J connectivity index is 2.88. The van der Waals surface area contributed by atoms with Gasteiger partial charge in [-0.05, 0) is 19.9 Å². The number of aryl methyl sites for hydroxylation is 2. The van der Waals surface area contributed by atoms with Crippen molar-refractivity contribution in [3.8, 4) is 0 Å². The van der Waals surface area contributed by atoms with Gasteiger partial charge in [0.15, 0.2) is 5.52 Å². The summed E-state index contributed by atoms with van der Waals surface area (Å²) >= 11 is 0. The Morgan fingerprint density at radius 2 is 2.14 bits per heavy atom. The summed E-state index contributed by atoms with van der Waals surface area (Å²) in [5, 5.41) is 10.8. The average molecular weight is 191 g/mol. The summed E-state index contributed by atoms with van der Waals surface area (Å²) in [5.74, 6) is 0.689. The second kappa shape index (κ2) is 2.80. The Bertz CT molecular complexity index is 516. The molecule has 0 aliphatic rings. The van der Waals surface area contributed by atoms with E-state index >= 15 is 0 Å². The third kappa shape index (κ3) is 1.14. The zero-order valence-electron chi connectivity index (χ0n) is 7.87. The van der Waals surface area contributed by atoms with Crippen LogP contribution in [-0.4, -0.2) is 14.9 Å². The quantitative estimate of drug-likeness (QED) is 0.554. The number of aromatic amines is 1. The van der Waals surface area contributed by atoms with Gasteiger partial charge in [0.2, 0.25) is 0 Å². The van der Waals surface area contributed by atoms with Crippen molar-refractivity contribution in [1.29, 1.82) is 0 Å². The van der Waals surface area contributed by atoms with Crippen molar-refractivity contribution in [3.05, 3.63) is 33.6 Å². The lowest BCUT2D eigenvalue weighted by molar-refractivity contribution is -0.383. The SMILES string of the molecule is Cc1nc2c([N+](=O)[O-])c(C)ccc2[nH]1. The first-order chi connectivity index (χ1) is 6.59. The van der Waals surface area contributed by atoms with Gasteiger partial charge in [-0.1, -0.05) is 6.07 Å². The third-order valence-corrected chi connectivity index (χ3v) is 2.13. The van der Waals surface area contributed by atoms with Gasteiger partial charge in [0.05, 0.1) is 10.4 Å². The van der Waals surface area contributed by atoms with E-state index in [0.29, 0.717) is 22.4 Å². The fourth-order valence-electron chi connectivity index (χ4n) is 1.52. The molecule has 1 N–H and O–H groups in total. The van der Waals surface area contributed by atoms with Gasteiger partial charge in [-0.3, -0.25) is 10.1 Å². The molecule has 1 heterocycles. The van der Waals surface area contributed by atoms with Gasteiger partial charge in [-0.25, -0.2) is 4.98 Å². The van der Waals surface area contributed by atoms with Crippen molar-refractivity contribution in [2.75, 3.05) is 0 Å². The second-order valence-corrected chi connectivity index (χ2v) is 3.21. The minimum atomic E-state index is -0.391.